The Morgan fingerprint density at radius 1 is 1.23 bits per heavy atom. The maximum absolute atomic E-state index is 12.8. The van der Waals surface area contributed by atoms with E-state index in [1.54, 1.807) is 16.7 Å². The molecule has 0 bridgehead atoms. The van der Waals surface area contributed by atoms with Crippen LogP contribution in [0.5, 0.6) is 0 Å². The molecule has 1 N–H and O–H groups in total. The van der Waals surface area contributed by atoms with Gasteiger partial charge in [-0.15, -0.1) is 0 Å². The fraction of sp³-hybridized carbons (Fsp3) is 0.353. The van der Waals surface area contributed by atoms with Crippen molar-refractivity contribution in [3.8, 4) is 0 Å². The molecule has 0 fully saturated rings. The highest BCUT2D eigenvalue weighted by Gasteiger charge is 2.15. The lowest BCUT2D eigenvalue weighted by Gasteiger charge is -2.08. The molecule has 0 aliphatic carbocycles. The van der Waals surface area contributed by atoms with E-state index in [9.17, 15) is 18.4 Å². The Bertz CT molecular complexity index is 973. The Kier molecular flexibility index (Phi) is 5.15. The number of carbonyl (C=O) groups excluding carboxylic acids is 1. The van der Waals surface area contributed by atoms with Crippen molar-refractivity contribution >= 4 is 16.9 Å². The molecular formula is C17H19F2N5O2. The van der Waals surface area contributed by atoms with Gasteiger partial charge >= 0.3 is 12.2 Å². The smallest absolute Gasteiger partial charge is 0.329 e. The molecule has 0 atom stereocenters. The molecule has 0 spiro atoms. The van der Waals surface area contributed by atoms with Crippen molar-refractivity contribution in [2.24, 2.45) is 0 Å². The van der Waals surface area contributed by atoms with Crippen LogP contribution in [0.3, 0.4) is 0 Å². The summed E-state index contributed by atoms with van der Waals surface area (Å²) in [6.45, 7) is -0.269. The summed E-state index contributed by atoms with van der Waals surface area (Å²) in [4.78, 5) is 28.5. The molecule has 0 saturated heterocycles. The van der Waals surface area contributed by atoms with Crippen molar-refractivity contribution in [2.75, 3.05) is 6.54 Å². The molecule has 7 nitrogen and oxygen atoms in total. The minimum atomic E-state index is -2.66. The molecule has 0 aliphatic heterocycles. The lowest BCUT2D eigenvalue weighted by atomic mass is 10.3. The number of nitrogens with one attached hydrogen (secondary N) is 1. The minimum Gasteiger partial charge on any atom is -0.354 e. The topological polar surface area (TPSA) is 73.8 Å². The average molecular weight is 363 g/mol. The summed E-state index contributed by atoms with van der Waals surface area (Å²) in [5, 5.41) is 2.65. The zero-order chi connectivity index (χ0) is 18.7. The van der Waals surface area contributed by atoms with Crippen molar-refractivity contribution < 1.29 is 13.6 Å². The molecule has 0 aliphatic rings. The number of alkyl halides is 2. The number of hydrogen-bond acceptors (Lipinski definition) is 3. The second kappa shape index (κ2) is 7.51. The Labute approximate surface area is 147 Å². The third-order valence-electron chi connectivity index (χ3n) is 4.17. The number of hydrogen-bond donors (Lipinski definition) is 1. The summed E-state index contributed by atoms with van der Waals surface area (Å²) in [5.41, 5.74) is 1.20. The van der Waals surface area contributed by atoms with Gasteiger partial charge in [0.05, 0.1) is 11.0 Å². The molecule has 0 radical (unpaired) electrons. The van der Waals surface area contributed by atoms with Crippen LogP contribution >= 0.6 is 0 Å². The van der Waals surface area contributed by atoms with Gasteiger partial charge in [0.25, 0.3) is 0 Å². The number of nitrogens with zero attached hydrogens (tertiary/aromatic N) is 4. The first kappa shape index (κ1) is 17.8. The zero-order valence-electron chi connectivity index (χ0n) is 14.2. The lowest BCUT2D eigenvalue weighted by Crippen LogP contribution is -2.34. The quantitative estimate of drug-likeness (QED) is 0.695. The van der Waals surface area contributed by atoms with Crippen LogP contribution in [0.25, 0.3) is 11.0 Å². The fourth-order valence-corrected chi connectivity index (χ4v) is 2.96. The highest BCUT2D eigenvalue weighted by atomic mass is 19.3. The molecule has 138 valence electrons. The number of halogens is 2. The third kappa shape index (κ3) is 3.37. The number of carbonyl (C=O) groups is 1. The summed E-state index contributed by atoms with van der Waals surface area (Å²) in [6.07, 6.45) is 2.66. The van der Waals surface area contributed by atoms with Crippen molar-refractivity contribution in [3.05, 3.63) is 53.0 Å². The van der Waals surface area contributed by atoms with E-state index in [4.69, 9.17) is 0 Å². The van der Waals surface area contributed by atoms with Gasteiger partial charge in [0.15, 0.2) is 0 Å². The maximum atomic E-state index is 12.8. The SMILES string of the molecule is CCn1c(=O)n(CC(=O)NCCc2nccn2C(F)F)c2ccccc21. The molecule has 2 heterocycles. The minimum absolute atomic E-state index is 0.129. The summed E-state index contributed by atoms with van der Waals surface area (Å²) in [5.74, 6) is -0.165. The van der Waals surface area contributed by atoms with E-state index in [1.807, 2.05) is 19.1 Å². The number of imidazole rings is 2. The van der Waals surface area contributed by atoms with Crippen LogP contribution in [0.15, 0.2) is 41.5 Å². The van der Waals surface area contributed by atoms with Gasteiger partial charge in [-0.25, -0.2) is 9.78 Å². The molecule has 26 heavy (non-hydrogen) atoms. The maximum Gasteiger partial charge on any atom is 0.329 e. The normalized spacial score (nSPS) is 11.4. The van der Waals surface area contributed by atoms with Crippen molar-refractivity contribution in [3.63, 3.8) is 0 Å². The Balaban J connectivity index is 1.67. The molecule has 3 rings (SSSR count). The summed E-state index contributed by atoms with van der Waals surface area (Å²) < 4.78 is 29.3. The zero-order valence-corrected chi connectivity index (χ0v) is 14.2. The molecule has 0 unspecified atom stereocenters. The second-order valence-electron chi connectivity index (χ2n) is 5.73. The van der Waals surface area contributed by atoms with Gasteiger partial charge in [0.1, 0.15) is 12.4 Å². The number of aromatic nitrogens is 4. The van der Waals surface area contributed by atoms with E-state index in [1.165, 1.54) is 17.0 Å². The lowest BCUT2D eigenvalue weighted by molar-refractivity contribution is -0.121. The summed E-state index contributed by atoms with van der Waals surface area (Å²) in [6, 6.07) is 7.26. The molecule has 0 saturated carbocycles. The third-order valence-corrected chi connectivity index (χ3v) is 4.17. The average Bonchev–Trinajstić information content (AvgIpc) is 3.19. The van der Waals surface area contributed by atoms with E-state index in [0.717, 1.165) is 10.1 Å². The molecule has 9 heteroatoms. The van der Waals surface area contributed by atoms with Crippen molar-refractivity contribution in [1.29, 1.82) is 0 Å². The highest BCUT2D eigenvalue weighted by molar-refractivity contribution is 5.80. The predicted molar refractivity (Wildman–Crippen MR) is 92.1 cm³/mol. The van der Waals surface area contributed by atoms with Crippen LogP contribution in [0, 0.1) is 0 Å². The monoisotopic (exact) mass is 363 g/mol. The van der Waals surface area contributed by atoms with Gasteiger partial charge in [-0.2, -0.15) is 8.78 Å². The van der Waals surface area contributed by atoms with Crippen LogP contribution in [-0.4, -0.2) is 31.1 Å². The largest absolute Gasteiger partial charge is 0.354 e. The van der Waals surface area contributed by atoms with Gasteiger partial charge in [-0.1, -0.05) is 12.1 Å². The highest BCUT2D eigenvalue weighted by Crippen LogP contribution is 2.13. The number of aryl methyl sites for hydroxylation is 1. The Hall–Kier alpha value is -2.97. The van der Waals surface area contributed by atoms with E-state index in [2.05, 4.69) is 10.3 Å². The number of fused-ring (bicyclic) bond motifs is 1. The van der Waals surface area contributed by atoms with Crippen LogP contribution in [0.2, 0.25) is 0 Å². The second-order valence-corrected chi connectivity index (χ2v) is 5.73. The number of rotatable bonds is 7. The van der Waals surface area contributed by atoms with Crippen LogP contribution in [0.1, 0.15) is 19.3 Å². The molecule has 1 aromatic carbocycles. The van der Waals surface area contributed by atoms with Crippen molar-refractivity contribution in [1.82, 2.24) is 24.0 Å². The van der Waals surface area contributed by atoms with Crippen LogP contribution < -0.4 is 11.0 Å². The standard InChI is InChI=1S/C17H19F2N5O2/c1-2-22-12-5-3-4-6-13(12)24(17(22)26)11-15(25)21-8-7-14-20-9-10-23(14)16(18)19/h3-6,9-10,16H,2,7-8,11H2,1H3,(H,21,25). The Morgan fingerprint density at radius 3 is 2.58 bits per heavy atom. The molecule has 1 amide bonds. The number of amides is 1. The number of benzene rings is 1. The van der Waals surface area contributed by atoms with Crippen LogP contribution in [-0.2, 0) is 24.3 Å². The molecular weight excluding hydrogens is 344 g/mol. The van der Waals surface area contributed by atoms with Gasteiger partial charge < -0.3 is 5.32 Å². The van der Waals surface area contributed by atoms with E-state index >= 15 is 0 Å². The van der Waals surface area contributed by atoms with E-state index in [0.29, 0.717) is 12.1 Å². The van der Waals surface area contributed by atoms with Crippen molar-refractivity contribution in [2.45, 2.75) is 33.0 Å². The predicted octanol–water partition coefficient (Wildman–Crippen LogP) is 1.77. The molecule has 2 aromatic heterocycles. The summed E-state index contributed by atoms with van der Waals surface area (Å²) in [7, 11) is 0. The Morgan fingerprint density at radius 2 is 1.92 bits per heavy atom. The molecule has 3 aromatic rings. The first-order valence-electron chi connectivity index (χ1n) is 8.27. The van der Waals surface area contributed by atoms with Crippen LogP contribution in [0.4, 0.5) is 8.78 Å². The van der Waals surface area contributed by atoms with E-state index < -0.39 is 6.55 Å². The van der Waals surface area contributed by atoms with E-state index in [-0.39, 0.29) is 36.9 Å². The number of para-hydroxylation sites is 2. The summed E-state index contributed by atoms with van der Waals surface area (Å²) >= 11 is 0. The first-order valence-corrected chi connectivity index (χ1v) is 8.27. The van der Waals surface area contributed by atoms with Gasteiger partial charge in [-0.05, 0) is 19.1 Å². The fourth-order valence-electron chi connectivity index (χ4n) is 2.96. The van der Waals surface area contributed by atoms with Gasteiger partial charge in [-0.3, -0.25) is 18.5 Å². The van der Waals surface area contributed by atoms with Gasteiger partial charge in [0, 0.05) is 31.9 Å². The van der Waals surface area contributed by atoms with Gasteiger partial charge in [0.2, 0.25) is 5.91 Å². The first-order chi connectivity index (χ1) is 12.5.